The summed E-state index contributed by atoms with van der Waals surface area (Å²) in [5.74, 6) is 0. The Kier molecular flexibility index (Phi) is 6.52. The fourth-order valence-corrected chi connectivity index (χ4v) is 2.75. The second-order valence-electron chi connectivity index (χ2n) is 7.09. The molecule has 2 N–H and O–H groups in total. The maximum atomic E-state index is 12.4. The molecule has 0 aromatic heterocycles. The van der Waals surface area contributed by atoms with E-state index in [2.05, 4.69) is 10.6 Å². The second kappa shape index (κ2) is 7.53. The van der Waals surface area contributed by atoms with Crippen LogP contribution in [0.2, 0.25) is 0 Å². The van der Waals surface area contributed by atoms with Gasteiger partial charge in [0.1, 0.15) is 5.60 Å². The number of hydrogen-bond donors (Lipinski definition) is 2. The number of alkyl halides is 3. The van der Waals surface area contributed by atoms with Gasteiger partial charge in [-0.3, -0.25) is 0 Å². The fourth-order valence-electron chi connectivity index (χ4n) is 2.75. The van der Waals surface area contributed by atoms with Gasteiger partial charge in [-0.05, 0) is 53.4 Å². The summed E-state index contributed by atoms with van der Waals surface area (Å²) in [6.45, 7) is 6.91. The predicted octanol–water partition coefficient (Wildman–Crippen LogP) is 3.75. The Bertz CT molecular complexity index is 367. The quantitative estimate of drug-likeness (QED) is 0.828. The van der Waals surface area contributed by atoms with Crippen LogP contribution in [0.5, 0.6) is 0 Å². The minimum atomic E-state index is -4.16. The Morgan fingerprint density at radius 1 is 1.23 bits per heavy atom. The molecule has 22 heavy (non-hydrogen) atoms. The number of ether oxygens (including phenoxy) is 1. The van der Waals surface area contributed by atoms with Crippen LogP contribution >= 0.6 is 0 Å². The molecule has 7 heteroatoms. The molecule has 0 aromatic carbocycles. The average Bonchev–Trinajstić information content (AvgIpc) is 2.22. The van der Waals surface area contributed by atoms with Gasteiger partial charge in [0, 0.05) is 18.1 Å². The number of halogens is 3. The summed E-state index contributed by atoms with van der Waals surface area (Å²) in [7, 11) is 0. The van der Waals surface area contributed by atoms with Crippen LogP contribution in [0, 0.1) is 0 Å². The third-order valence-corrected chi connectivity index (χ3v) is 3.45. The van der Waals surface area contributed by atoms with Gasteiger partial charge < -0.3 is 15.4 Å². The highest BCUT2D eigenvalue weighted by molar-refractivity contribution is 5.68. The molecule has 3 unspecified atom stereocenters. The molecule has 1 aliphatic carbocycles. The highest BCUT2D eigenvalue weighted by atomic mass is 19.4. The van der Waals surface area contributed by atoms with Crippen molar-refractivity contribution in [3.05, 3.63) is 0 Å². The zero-order chi connectivity index (χ0) is 17.0. The first-order valence-corrected chi connectivity index (χ1v) is 7.77. The molecule has 0 heterocycles. The Labute approximate surface area is 130 Å². The van der Waals surface area contributed by atoms with Crippen molar-refractivity contribution in [2.24, 2.45) is 0 Å². The van der Waals surface area contributed by atoms with E-state index in [0.29, 0.717) is 6.42 Å². The zero-order valence-electron chi connectivity index (χ0n) is 13.7. The molecular formula is C15H27F3N2O2. The summed E-state index contributed by atoms with van der Waals surface area (Å²) >= 11 is 0. The van der Waals surface area contributed by atoms with Crippen LogP contribution in [0.4, 0.5) is 18.0 Å². The Morgan fingerprint density at radius 2 is 1.82 bits per heavy atom. The van der Waals surface area contributed by atoms with Gasteiger partial charge in [0.15, 0.2) is 0 Å². The van der Waals surface area contributed by atoms with Crippen LogP contribution in [-0.2, 0) is 4.74 Å². The molecule has 130 valence electrons. The number of amides is 1. The lowest BCUT2D eigenvalue weighted by atomic mass is 9.90. The molecule has 0 radical (unpaired) electrons. The van der Waals surface area contributed by atoms with Crippen molar-refractivity contribution < 1.29 is 22.7 Å². The molecule has 0 saturated heterocycles. The molecule has 1 fully saturated rings. The average molecular weight is 324 g/mol. The molecule has 1 aliphatic rings. The van der Waals surface area contributed by atoms with E-state index in [-0.39, 0.29) is 12.1 Å². The lowest BCUT2D eigenvalue weighted by Crippen LogP contribution is -2.48. The Morgan fingerprint density at radius 3 is 2.36 bits per heavy atom. The topological polar surface area (TPSA) is 50.4 Å². The monoisotopic (exact) mass is 324 g/mol. The predicted molar refractivity (Wildman–Crippen MR) is 78.7 cm³/mol. The van der Waals surface area contributed by atoms with Crippen molar-refractivity contribution in [1.29, 1.82) is 0 Å². The Hall–Kier alpha value is -0.980. The molecule has 4 nitrogen and oxygen atoms in total. The first kappa shape index (κ1) is 19.1. The number of hydrogen-bond acceptors (Lipinski definition) is 3. The number of carbonyl (C=O) groups excluding carboxylic acids is 1. The lowest BCUT2D eigenvalue weighted by molar-refractivity contribution is -0.139. The van der Waals surface area contributed by atoms with E-state index in [0.717, 1.165) is 19.3 Å². The molecule has 0 aliphatic heterocycles. The van der Waals surface area contributed by atoms with Crippen molar-refractivity contribution in [1.82, 2.24) is 10.6 Å². The van der Waals surface area contributed by atoms with Gasteiger partial charge in [-0.15, -0.1) is 0 Å². The van der Waals surface area contributed by atoms with Gasteiger partial charge in [-0.25, -0.2) is 4.79 Å². The van der Waals surface area contributed by atoms with Gasteiger partial charge >= 0.3 is 12.3 Å². The SMILES string of the molecule is CC(CC(F)(F)F)NC1CCCC(NC(=O)OC(C)(C)C)C1. The summed E-state index contributed by atoms with van der Waals surface area (Å²) in [5.41, 5.74) is -0.558. The van der Waals surface area contributed by atoms with Gasteiger partial charge in [-0.1, -0.05) is 0 Å². The van der Waals surface area contributed by atoms with Crippen molar-refractivity contribution in [2.75, 3.05) is 0 Å². The smallest absolute Gasteiger partial charge is 0.407 e. The summed E-state index contributed by atoms with van der Waals surface area (Å²) < 4.78 is 42.3. The molecule has 0 spiro atoms. The number of carbonyl (C=O) groups is 1. The Balaban J connectivity index is 2.40. The summed E-state index contributed by atoms with van der Waals surface area (Å²) in [5, 5.41) is 5.82. The van der Waals surface area contributed by atoms with Crippen LogP contribution in [-0.4, -0.2) is 36.0 Å². The second-order valence-corrected chi connectivity index (χ2v) is 7.09. The molecule has 0 bridgehead atoms. The highest BCUT2D eigenvalue weighted by Crippen LogP contribution is 2.24. The molecule has 1 amide bonds. The van der Waals surface area contributed by atoms with E-state index in [4.69, 9.17) is 4.74 Å². The lowest BCUT2D eigenvalue weighted by Gasteiger charge is -2.33. The summed E-state index contributed by atoms with van der Waals surface area (Å²) in [6.07, 6.45) is -2.32. The molecule has 0 aromatic rings. The van der Waals surface area contributed by atoms with Crippen LogP contribution in [0.25, 0.3) is 0 Å². The third-order valence-electron chi connectivity index (χ3n) is 3.45. The summed E-state index contributed by atoms with van der Waals surface area (Å²) in [4.78, 5) is 11.7. The zero-order valence-corrected chi connectivity index (χ0v) is 13.7. The highest BCUT2D eigenvalue weighted by Gasteiger charge is 2.32. The maximum Gasteiger partial charge on any atom is 0.407 e. The number of nitrogens with one attached hydrogen (secondary N) is 2. The van der Waals surface area contributed by atoms with Gasteiger partial charge in [0.05, 0.1) is 6.42 Å². The fraction of sp³-hybridized carbons (Fsp3) is 0.933. The van der Waals surface area contributed by atoms with Crippen LogP contribution < -0.4 is 10.6 Å². The minimum Gasteiger partial charge on any atom is -0.444 e. The third kappa shape index (κ3) is 8.46. The van der Waals surface area contributed by atoms with Crippen LogP contribution in [0.3, 0.4) is 0 Å². The first-order chi connectivity index (χ1) is 9.94. The van der Waals surface area contributed by atoms with E-state index in [9.17, 15) is 18.0 Å². The van der Waals surface area contributed by atoms with E-state index < -0.39 is 30.3 Å². The van der Waals surface area contributed by atoms with Gasteiger partial charge in [0.2, 0.25) is 0 Å². The van der Waals surface area contributed by atoms with Crippen LogP contribution in [0.1, 0.15) is 59.8 Å². The van der Waals surface area contributed by atoms with Gasteiger partial charge in [0.25, 0.3) is 0 Å². The van der Waals surface area contributed by atoms with Crippen molar-refractivity contribution >= 4 is 6.09 Å². The van der Waals surface area contributed by atoms with E-state index in [1.165, 1.54) is 0 Å². The van der Waals surface area contributed by atoms with E-state index in [1.807, 2.05) is 0 Å². The minimum absolute atomic E-state index is 0.00830. The summed E-state index contributed by atoms with van der Waals surface area (Å²) in [6, 6.07) is -0.685. The van der Waals surface area contributed by atoms with E-state index >= 15 is 0 Å². The van der Waals surface area contributed by atoms with E-state index in [1.54, 1.807) is 27.7 Å². The largest absolute Gasteiger partial charge is 0.444 e. The number of alkyl carbamates (subject to hydrolysis) is 1. The van der Waals surface area contributed by atoms with Gasteiger partial charge in [-0.2, -0.15) is 13.2 Å². The molecule has 1 rings (SSSR count). The molecule has 3 atom stereocenters. The van der Waals surface area contributed by atoms with Crippen molar-refractivity contribution in [3.63, 3.8) is 0 Å². The number of rotatable bonds is 4. The maximum absolute atomic E-state index is 12.4. The first-order valence-electron chi connectivity index (χ1n) is 7.77. The standard InChI is InChI=1S/C15H27F3N2O2/c1-10(9-15(16,17)18)19-11-6-5-7-12(8-11)20-13(21)22-14(2,3)4/h10-12,19H,5-9H2,1-4H3,(H,20,21). The normalized spacial score (nSPS) is 24.7. The van der Waals surface area contributed by atoms with Crippen molar-refractivity contribution in [2.45, 2.75) is 89.7 Å². The molecule has 1 saturated carbocycles. The van der Waals surface area contributed by atoms with Crippen molar-refractivity contribution in [3.8, 4) is 0 Å². The van der Waals surface area contributed by atoms with Crippen LogP contribution in [0.15, 0.2) is 0 Å². The molecular weight excluding hydrogens is 297 g/mol.